The van der Waals surface area contributed by atoms with Crippen LogP contribution in [-0.4, -0.2) is 40.6 Å². The van der Waals surface area contributed by atoms with E-state index < -0.39 is 10.0 Å². The summed E-state index contributed by atoms with van der Waals surface area (Å²) in [6, 6.07) is 13.1. The summed E-state index contributed by atoms with van der Waals surface area (Å²) < 4.78 is 37.4. The van der Waals surface area contributed by atoms with Crippen molar-refractivity contribution in [2.75, 3.05) is 20.3 Å². The molecule has 0 radical (unpaired) electrons. The summed E-state index contributed by atoms with van der Waals surface area (Å²) in [6.07, 6.45) is 1.75. The molecule has 1 amide bonds. The first-order chi connectivity index (χ1) is 13.0. The lowest BCUT2D eigenvalue weighted by Gasteiger charge is -2.09. The van der Waals surface area contributed by atoms with Gasteiger partial charge in [0.25, 0.3) is 5.91 Å². The molecule has 0 atom stereocenters. The molecule has 1 aliphatic rings. The van der Waals surface area contributed by atoms with Gasteiger partial charge in [-0.1, -0.05) is 0 Å². The zero-order valence-corrected chi connectivity index (χ0v) is 15.8. The molecule has 1 saturated carbocycles. The first-order valence-electron chi connectivity index (χ1n) is 8.65. The number of benzene rings is 2. The molecule has 0 aromatic heterocycles. The largest absolute Gasteiger partial charge is 0.497 e. The van der Waals surface area contributed by atoms with Crippen LogP contribution in [0.25, 0.3) is 0 Å². The van der Waals surface area contributed by atoms with Gasteiger partial charge in [0, 0.05) is 11.6 Å². The van der Waals surface area contributed by atoms with Gasteiger partial charge in [-0.3, -0.25) is 4.79 Å². The summed E-state index contributed by atoms with van der Waals surface area (Å²) in [5.74, 6) is 1.14. The fourth-order valence-corrected chi connectivity index (χ4v) is 3.69. The van der Waals surface area contributed by atoms with Crippen LogP contribution in [0.2, 0.25) is 0 Å². The van der Waals surface area contributed by atoms with Gasteiger partial charge in [0.2, 0.25) is 10.0 Å². The maximum Gasteiger partial charge on any atom is 0.251 e. The number of amides is 1. The Hall–Kier alpha value is -2.58. The minimum Gasteiger partial charge on any atom is -0.497 e. The fraction of sp³-hybridized carbons (Fsp3) is 0.316. The van der Waals surface area contributed by atoms with Crippen LogP contribution in [0.1, 0.15) is 23.2 Å². The lowest BCUT2D eigenvalue weighted by Crippen LogP contribution is -2.28. The molecule has 7 nitrogen and oxygen atoms in total. The molecule has 27 heavy (non-hydrogen) atoms. The third-order valence-electron chi connectivity index (χ3n) is 4.04. The fourth-order valence-electron chi connectivity index (χ4n) is 2.38. The van der Waals surface area contributed by atoms with E-state index in [1.54, 1.807) is 31.4 Å². The molecule has 2 aromatic rings. The minimum absolute atomic E-state index is 0.0451. The van der Waals surface area contributed by atoms with Crippen LogP contribution in [-0.2, 0) is 10.0 Å². The minimum atomic E-state index is -3.51. The number of methoxy groups -OCH3 is 1. The third-order valence-corrected chi connectivity index (χ3v) is 5.58. The van der Waals surface area contributed by atoms with Crippen LogP contribution in [0.4, 0.5) is 0 Å². The highest BCUT2D eigenvalue weighted by Gasteiger charge is 2.27. The monoisotopic (exact) mass is 390 g/mol. The van der Waals surface area contributed by atoms with Crippen molar-refractivity contribution in [2.45, 2.75) is 23.8 Å². The predicted molar refractivity (Wildman–Crippen MR) is 101 cm³/mol. The van der Waals surface area contributed by atoms with Crippen molar-refractivity contribution in [2.24, 2.45) is 0 Å². The van der Waals surface area contributed by atoms with Gasteiger partial charge in [-0.25, -0.2) is 13.1 Å². The molecule has 144 valence electrons. The molecule has 1 fully saturated rings. The molecular weight excluding hydrogens is 368 g/mol. The summed E-state index contributed by atoms with van der Waals surface area (Å²) >= 11 is 0. The SMILES string of the molecule is COc1ccc(OCCNC(=O)c2ccc(S(=O)(=O)NC3CC3)cc2)cc1. The van der Waals surface area contributed by atoms with Gasteiger partial charge in [-0.05, 0) is 61.4 Å². The summed E-state index contributed by atoms with van der Waals surface area (Å²) in [4.78, 5) is 12.3. The Labute approximate surface area is 158 Å². The average molecular weight is 390 g/mol. The number of carbonyl (C=O) groups is 1. The Morgan fingerprint density at radius 2 is 1.67 bits per heavy atom. The van der Waals surface area contributed by atoms with E-state index in [0.717, 1.165) is 18.6 Å². The van der Waals surface area contributed by atoms with E-state index in [1.165, 1.54) is 24.3 Å². The Balaban J connectivity index is 1.46. The molecule has 8 heteroatoms. The lowest BCUT2D eigenvalue weighted by atomic mass is 10.2. The second-order valence-corrected chi connectivity index (χ2v) is 7.91. The van der Waals surface area contributed by atoms with Gasteiger partial charge in [0.05, 0.1) is 18.6 Å². The van der Waals surface area contributed by atoms with Crippen molar-refractivity contribution in [3.63, 3.8) is 0 Å². The van der Waals surface area contributed by atoms with Crippen molar-refractivity contribution >= 4 is 15.9 Å². The van der Waals surface area contributed by atoms with E-state index in [-0.39, 0.29) is 16.8 Å². The van der Waals surface area contributed by atoms with Crippen LogP contribution in [0.5, 0.6) is 11.5 Å². The number of rotatable bonds is 9. The van der Waals surface area contributed by atoms with Crippen molar-refractivity contribution in [1.82, 2.24) is 10.0 Å². The molecule has 0 unspecified atom stereocenters. The molecule has 0 bridgehead atoms. The van der Waals surface area contributed by atoms with Gasteiger partial charge in [-0.2, -0.15) is 0 Å². The number of hydrogen-bond donors (Lipinski definition) is 2. The van der Waals surface area contributed by atoms with Gasteiger partial charge in [0.1, 0.15) is 18.1 Å². The van der Waals surface area contributed by atoms with Crippen LogP contribution in [0.3, 0.4) is 0 Å². The number of hydrogen-bond acceptors (Lipinski definition) is 5. The van der Waals surface area contributed by atoms with Crippen LogP contribution < -0.4 is 19.5 Å². The first kappa shape index (κ1) is 19.2. The molecule has 1 aliphatic carbocycles. The van der Waals surface area contributed by atoms with Crippen LogP contribution in [0, 0.1) is 0 Å². The lowest BCUT2D eigenvalue weighted by molar-refractivity contribution is 0.0947. The van der Waals surface area contributed by atoms with Crippen molar-refractivity contribution in [3.8, 4) is 11.5 Å². The predicted octanol–water partition coefficient (Wildman–Crippen LogP) is 1.94. The topological polar surface area (TPSA) is 93.7 Å². The summed E-state index contributed by atoms with van der Waals surface area (Å²) in [7, 11) is -1.91. The maximum absolute atomic E-state index is 12.1. The molecular formula is C19H22N2O5S. The average Bonchev–Trinajstić information content (AvgIpc) is 3.49. The van der Waals surface area contributed by atoms with Gasteiger partial charge < -0.3 is 14.8 Å². The van der Waals surface area contributed by atoms with Gasteiger partial charge >= 0.3 is 0 Å². The highest BCUT2D eigenvalue weighted by atomic mass is 32.2. The van der Waals surface area contributed by atoms with Gasteiger partial charge in [-0.15, -0.1) is 0 Å². The molecule has 0 heterocycles. The summed E-state index contributed by atoms with van der Waals surface area (Å²) in [5, 5.41) is 2.74. The highest BCUT2D eigenvalue weighted by molar-refractivity contribution is 7.89. The number of nitrogens with one attached hydrogen (secondary N) is 2. The molecule has 0 aliphatic heterocycles. The van der Waals surface area contributed by atoms with E-state index in [9.17, 15) is 13.2 Å². The normalized spacial score (nSPS) is 13.8. The van der Waals surface area contributed by atoms with E-state index >= 15 is 0 Å². The van der Waals surface area contributed by atoms with E-state index in [4.69, 9.17) is 9.47 Å². The molecule has 2 N–H and O–H groups in total. The van der Waals surface area contributed by atoms with Crippen molar-refractivity contribution < 1.29 is 22.7 Å². The van der Waals surface area contributed by atoms with Crippen molar-refractivity contribution in [1.29, 1.82) is 0 Å². The zero-order valence-electron chi connectivity index (χ0n) is 15.0. The highest BCUT2D eigenvalue weighted by Crippen LogP contribution is 2.22. The van der Waals surface area contributed by atoms with E-state index in [2.05, 4.69) is 10.0 Å². The van der Waals surface area contributed by atoms with Crippen molar-refractivity contribution in [3.05, 3.63) is 54.1 Å². The number of ether oxygens (including phenoxy) is 2. The Morgan fingerprint density at radius 1 is 1.04 bits per heavy atom. The summed E-state index contributed by atoms with van der Waals surface area (Å²) in [6.45, 7) is 0.643. The molecule has 2 aromatic carbocycles. The zero-order chi connectivity index (χ0) is 19.3. The molecule has 0 spiro atoms. The first-order valence-corrected chi connectivity index (χ1v) is 10.1. The third kappa shape index (κ3) is 5.45. The van der Waals surface area contributed by atoms with Crippen LogP contribution in [0.15, 0.2) is 53.4 Å². The number of sulfonamides is 1. The summed E-state index contributed by atoms with van der Waals surface area (Å²) in [5.41, 5.74) is 0.393. The number of carbonyl (C=O) groups excluding carboxylic acids is 1. The van der Waals surface area contributed by atoms with Crippen LogP contribution >= 0.6 is 0 Å². The second kappa shape index (κ2) is 8.41. The van der Waals surface area contributed by atoms with E-state index in [1.807, 2.05) is 0 Å². The molecule has 0 saturated heterocycles. The smallest absolute Gasteiger partial charge is 0.251 e. The standard InChI is InChI=1S/C19H22N2O5S/c1-25-16-6-8-17(9-7-16)26-13-12-20-19(22)14-2-10-18(11-3-14)27(23,24)21-15-4-5-15/h2-3,6-11,15,21H,4-5,12-13H2,1H3,(H,20,22). The Morgan fingerprint density at radius 3 is 2.26 bits per heavy atom. The quantitative estimate of drug-likeness (QED) is 0.638. The van der Waals surface area contributed by atoms with E-state index in [0.29, 0.717) is 24.5 Å². The molecule has 3 rings (SSSR count). The second-order valence-electron chi connectivity index (χ2n) is 6.20. The van der Waals surface area contributed by atoms with Gasteiger partial charge in [0.15, 0.2) is 0 Å². The Bertz CT molecular complexity index is 875. The Kier molecular flexibility index (Phi) is 5.98. The maximum atomic E-state index is 12.1.